The topological polar surface area (TPSA) is 124 Å². The van der Waals surface area contributed by atoms with Gasteiger partial charge in [0.1, 0.15) is 35.2 Å². The second kappa shape index (κ2) is 12.8. The van der Waals surface area contributed by atoms with E-state index in [1.807, 2.05) is 0 Å². The van der Waals surface area contributed by atoms with Crippen molar-refractivity contribution >= 4 is 23.9 Å². The Bertz CT molecular complexity index is 1260. The molecule has 0 aliphatic heterocycles. The van der Waals surface area contributed by atoms with Gasteiger partial charge in [-0.05, 0) is 66.7 Å². The number of carbonyl (C=O) groups excluding carboxylic acids is 4. The van der Waals surface area contributed by atoms with E-state index in [2.05, 4.69) is 0 Å². The Labute approximate surface area is 212 Å². The van der Waals surface area contributed by atoms with Gasteiger partial charge in [-0.15, -0.1) is 0 Å². The number of rotatable bonds is 10. The molecule has 10 nitrogen and oxygen atoms in total. The van der Waals surface area contributed by atoms with E-state index in [1.165, 1.54) is 75.7 Å². The summed E-state index contributed by atoms with van der Waals surface area (Å²) < 4.78 is 30.9. The number of benzene rings is 3. The van der Waals surface area contributed by atoms with Crippen LogP contribution >= 0.6 is 0 Å². The second-order valence-electron chi connectivity index (χ2n) is 7.41. The van der Waals surface area contributed by atoms with Crippen LogP contribution in [0.1, 0.15) is 38.0 Å². The zero-order valence-electron chi connectivity index (χ0n) is 20.3. The normalized spacial score (nSPS) is 10.2. The van der Waals surface area contributed by atoms with E-state index in [0.29, 0.717) is 5.75 Å². The Balaban J connectivity index is 1.81. The molecule has 37 heavy (non-hydrogen) atoms. The van der Waals surface area contributed by atoms with Crippen molar-refractivity contribution in [3.8, 4) is 23.0 Å². The van der Waals surface area contributed by atoms with Gasteiger partial charge in [-0.3, -0.25) is 4.79 Å². The first-order valence-corrected chi connectivity index (χ1v) is 11.0. The Hall–Kier alpha value is -4.70. The standard InChI is InChI=1S/C27H24O10/c1-17(28)35-21-10-6-18(7-11-21)25(29)36-22-12-13-24(23(16-22)27(31)34-15-14-32-2)37-26(30)19-4-8-20(33-3)9-5-19/h4-13,16H,14-15H2,1-3H3. The SMILES string of the molecule is COCCOC(=O)c1cc(OC(=O)c2ccc(OC(C)=O)cc2)ccc1OC(=O)c1ccc(OC)cc1. The molecule has 0 heterocycles. The quantitative estimate of drug-likeness (QED) is 0.226. The van der Waals surface area contributed by atoms with Crippen molar-refractivity contribution in [3.05, 3.63) is 83.4 Å². The van der Waals surface area contributed by atoms with Gasteiger partial charge in [-0.2, -0.15) is 0 Å². The predicted molar refractivity (Wildman–Crippen MR) is 129 cm³/mol. The van der Waals surface area contributed by atoms with Crippen molar-refractivity contribution < 1.29 is 47.6 Å². The van der Waals surface area contributed by atoms with E-state index in [-0.39, 0.29) is 47.2 Å². The first-order valence-electron chi connectivity index (χ1n) is 11.0. The van der Waals surface area contributed by atoms with Crippen LogP contribution in [0.4, 0.5) is 0 Å². The molecule has 0 aliphatic carbocycles. The van der Waals surface area contributed by atoms with E-state index >= 15 is 0 Å². The molecule has 0 radical (unpaired) electrons. The molecular weight excluding hydrogens is 484 g/mol. The molecule has 0 unspecified atom stereocenters. The van der Waals surface area contributed by atoms with Gasteiger partial charge in [-0.1, -0.05) is 0 Å². The van der Waals surface area contributed by atoms with Gasteiger partial charge in [0.25, 0.3) is 0 Å². The molecule has 0 amide bonds. The molecule has 3 rings (SSSR count). The Kier molecular flexibility index (Phi) is 9.34. The smallest absolute Gasteiger partial charge is 0.343 e. The summed E-state index contributed by atoms with van der Waals surface area (Å²) in [6.07, 6.45) is 0. The molecule has 10 heteroatoms. The van der Waals surface area contributed by atoms with Crippen LogP contribution in [-0.4, -0.2) is 51.3 Å². The summed E-state index contributed by atoms with van der Waals surface area (Å²) in [5.41, 5.74) is 0.274. The molecular formula is C27H24O10. The van der Waals surface area contributed by atoms with E-state index in [9.17, 15) is 19.2 Å². The molecule has 0 atom stereocenters. The average molecular weight is 508 g/mol. The van der Waals surface area contributed by atoms with Crippen molar-refractivity contribution in [1.82, 2.24) is 0 Å². The summed E-state index contributed by atoms with van der Waals surface area (Å²) in [6.45, 7) is 1.38. The number of ether oxygens (including phenoxy) is 6. The number of hydrogen-bond acceptors (Lipinski definition) is 10. The fourth-order valence-corrected chi connectivity index (χ4v) is 2.99. The monoisotopic (exact) mass is 508 g/mol. The minimum atomic E-state index is -0.807. The summed E-state index contributed by atoms with van der Waals surface area (Å²) in [5, 5.41) is 0. The number of methoxy groups -OCH3 is 2. The highest BCUT2D eigenvalue weighted by atomic mass is 16.6. The van der Waals surface area contributed by atoms with Crippen molar-refractivity contribution in [2.45, 2.75) is 6.92 Å². The molecule has 0 bridgehead atoms. The molecule has 0 aliphatic rings. The lowest BCUT2D eigenvalue weighted by molar-refractivity contribution is -0.131. The van der Waals surface area contributed by atoms with E-state index < -0.39 is 23.9 Å². The predicted octanol–water partition coefficient (Wildman–Crippen LogP) is 3.86. The second-order valence-corrected chi connectivity index (χ2v) is 7.41. The van der Waals surface area contributed by atoms with Crippen LogP contribution in [0.5, 0.6) is 23.0 Å². The van der Waals surface area contributed by atoms with Crippen LogP contribution in [0.15, 0.2) is 66.7 Å². The first kappa shape index (κ1) is 26.9. The lowest BCUT2D eigenvalue weighted by Gasteiger charge is -2.12. The maximum Gasteiger partial charge on any atom is 0.343 e. The molecule has 0 saturated heterocycles. The highest BCUT2D eigenvalue weighted by molar-refractivity contribution is 5.97. The van der Waals surface area contributed by atoms with Gasteiger partial charge >= 0.3 is 23.9 Å². The van der Waals surface area contributed by atoms with Gasteiger partial charge < -0.3 is 28.4 Å². The highest BCUT2D eigenvalue weighted by Gasteiger charge is 2.20. The summed E-state index contributed by atoms with van der Waals surface area (Å²) in [4.78, 5) is 49.0. The maximum atomic E-state index is 12.7. The van der Waals surface area contributed by atoms with Crippen molar-refractivity contribution in [2.24, 2.45) is 0 Å². The largest absolute Gasteiger partial charge is 0.497 e. The maximum absolute atomic E-state index is 12.7. The lowest BCUT2D eigenvalue weighted by Crippen LogP contribution is -2.15. The van der Waals surface area contributed by atoms with Gasteiger partial charge in [0.05, 0.1) is 24.8 Å². The fourth-order valence-electron chi connectivity index (χ4n) is 2.99. The molecule has 0 saturated carbocycles. The van der Waals surface area contributed by atoms with Crippen molar-refractivity contribution in [3.63, 3.8) is 0 Å². The number of carbonyl (C=O) groups is 4. The minimum Gasteiger partial charge on any atom is -0.497 e. The summed E-state index contributed by atoms with van der Waals surface area (Å²) >= 11 is 0. The van der Waals surface area contributed by atoms with Crippen LogP contribution in [0.3, 0.4) is 0 Å². The zero-order valence-corrected chi connectivity index (χ0v) is 20.3. The van der Waals surface area contributed by atoms with Gasteiger partial charge in [0, 0.05) is 14.0 Å². The number of hydrogen-bond donors (Lipinski definition) is 0. The summed E-state index contributed by atoms with van der Waals surface area (Å²) in [7, 11) is 2.95. The Morgan fingerprint density at radius 1 is 0.622 bits per heavy atom. The van der Waals surface area contributed by atoms with Crippen LogP contribution in [0.25, 0.3) is 0 Å². The van der Waals surface area contributed by atoms with Gasteiger partial charge in [-0.25, -0.2) is 14.4 Å². The third-order valence-corrected chi connectivity index (χ3v) is 4.78. The number of esters is 4. The third kappa shape index (κ3) is 7.64. The van der Waals surface area contributed by atoms with Gasteiger partial charge in [0.15, 0.2) is 0 Å². The molecule has 0 N–H and O–H groups in total. The fraction of sp³-hybridized carbons (Fsp3) is 0.185. The minimum absolute atomic E-state index is 0.0111. The molecule has 0 aromatic heterocycles. The van der Waals surface area contributed by atoms with Crippen molar-refractivity contribution in [1.29, 1.82) is 0 Å². The van der Waals surface area contributed by atoms with Crippen LogP contribution in [0.2, 0.25) is 0 Å². The molecule has 192 valence electrons. The average Bonchev–Trinajstić information content (AvgIpc) is 2.89. The third-order valence-electron chi connectivity index (χ3n) is 4.78. The summed E-state index contributed by atoms with van der Waals surface area (Å²) in [6, 6.07) is 15.9. The van der Waals surface area contributed by atoms with Crippen LogP contribution in [0, 0.1) is 0 Å². The molecule has 3 aromatic carbocycles. The molecule has 3 aromatic rings. The van der Waals surface area contributed by atoms with Crippen molar-refractivity contribution in [2.75, 3.05) is 27.4 Å². The zero-order chi connectivity index (χ0) is 26.8. The van der Waals surface area contributed by atoms with Crippen LogP contribution in [-0.2, 0) is 14.3 Å². The Morgan fingerprint density at radius 2 is 1.19 bits per heavy atom. The van der Waals surface area contributed by atoms with Crippen LogP contribution < -0.4 is 18.9 Å². The van der Waals surface area contributed by atoms with Gasteiger partial charge in [0.2, 0.25) is 0 Å². The van der Waals surface area contributed by atoms with E-state index in [1.54, 1.807) is 12.1 Å². The summed E-state index contributed by atoms with van der Waals surface area (Å²) in [5.74, 6) is -1.99. The highest BCUT2D eigenvalue weighted by Crippen LogP contribution is 2.27. The van der Waals surface area contributed by atoms with E-state index in [4.69, 9.17) is 28.4 Å². The van der Waals surface area contributed by atoms with E-state index in [0.717, 1.165) is 0 Å². The lowest BCUT2D eigenvalue weighted by atomic mass is 10.1. The molecule has 0 fully saturated rings. The first-order chi connectivity index (χ1) is 17.8. The molecule has 0 spiro atoms. The Morgan fingerprint density at radius 3 is 1.76 bits per heavy atom.